The number of aromatic carboxylic acids is 1. The van der Waals surface area contributed by atoms with Crippen LogP contribution >= 0.6 is 11.3 Å². The van der Waals surface area contributed by atoms with Crippen molar-refractivity contribution in [2.45, 2.75) is 13.8 Å². The number of fused-ring (bicyclic) bond motifs is 1. The van der Waals surface area contributed by atoms with Crippen LogP contribution in [-0.4, -0.2) is 21.0 Å². The fourth-order valence-corrected chi connectivity index (χ4v) is 2.91. The molecule has 0 radical (unpaired) electrons. The van der Waals surface area contributed by atoms with Crippen molar-refractivity contribution in [3.63, 3.8) is 0 Å². The van der Waals surface area contributed by atoms with Gasteiger partial charge < -0.3 is 5.11 Å². The molecule has 1 aromatic carbocycles. The number of pyridine rings is 1. The van der Waals surface area contributed by atoms with E-state index in [0.29, 0.717) is 11.1 Å². The van der Waals surface area contributed by atoms with Crippen LogP contribution in [0, 0.1) is 13.8 Å². The molecule has 3 aromatic rings. The highest BCUT2D eigenvalue weighted by atomic mass is 32.1. The molecular weight excluding hydrogens is 272 g/mol. The first-order valence-electron chi connectivity index (χ1n) is 6.10. The molecule has 3 rings (SSSR count). The topological polar surface area (TPSA) is 63.1 Å². The summed E-state index contributed by atoms with van der Waals surface area (Å²) in [5, 5.41) is 10.1. The Morgan fingerprint density at radius 3 is 2.70 bits per heavy atom. The maximum atomic E-state index is 11.5. The second-order valence-electron chi connectivity index (χ2n) is 4.70. The lowest BCUT2D eigenvalue weighted by molar-refractivity contribution is 0.0699. The van der Waals surface area contributed by atoms with Crippen LogP contribution < -0.4 is 0 Å². The maximum absolute atomic E-state index is 11.5. The molecule has 0 unspecified atom stereocenters. The normalized spacial score (nSPS) is 10.9. The molecule has 0 aliphatic rings. The second kappa shape index (κ2) is 4.68. The highest BCUT2D eigenvalue weighted by Gasteiger charge is 2.15. The van der Waals surface area contributed by atoms with Crippen molar-refractivity contribution in [1.29, 1.82) is 0 Å². The monoisotopic (exact) mass is 284 g/mol. The Morgan fingerprint density at radius 2 is 2.05 bits per heavy atom. The fourth-order valence-electron chi connectivity index (χ4n) is 2.33. The molecular formula is C15H12N2O2S. The van der Waals surface area contributed by atoms with E-state index in [2.05, 4.69) is 9.97 Å². The van der Waals surface area contributed by atoms with Gasteiger partial charge in [0.1, 0.15) is 0 Å². The number of hydrogen-bond acceptors (Lipinski definition) is 4. The number of carboxylic acids is 1. The zero-order valence-electron chi connectivity index (χ0n) is 11.0. The summed E-state index contributed by atoms with van der Waals surface area (Å²) >= 11 is 1.45. The van der Waals surface area contributed by atoms with Crippen LogP contribution in [0.15, 0.2) is 29.9 Å². The molecule has 2 aromatic heterocycles. The molecule has 1 N–H and O–H groups in total. The molecule has 4 nitrogen and oxygen atoms in total. The number of aryl methyl sites for hydroxylation is 2. The lowest BCUT2D eigenvalue weighted by Gasteiger charge is -2.09. The van der Waals surface area contributed by atoms with Crippen molar-refractivity contribution < 1.29 is 9.90 Å². The number of nitrogens with zero attached hydrogens (tertiary/aromatic N) is 2. The van der Waals surface area contributed by atoms with E-state index in [1.54, 1.807) is 17.8 Å². The van der Waals surface area contributed by atoms with E-state index >= 15 is 0 Å². The SMILES string of the molecule is Cc1cc(C)c2nc(-c3cncs3)cc(C(=O)O)c2c1. The Balaban J connectivity index is 2.40. The number of rotatable bonds is 2. The summed E-state index contributed by atoms with van der Waals surface area (Å²) in [5.74, 6) is -0.937. The lowest BCUT2D eigenvalue weighted by Crippen LogP contribution is -2.01. The molecule has 0 amide bonds. The van der Waals surface area contributed by atoms with Crippen molar-refractivity contribution in [3.8, 4) is 10.6 Å². The highest BCUT2D eigenvalue weighted by molar-refractivity contribution is 7.13. The Kier molecular flexibility index (Phi) is 2.99. The summed E-state index contributed by atoms with van der Waals surface area (Å²) in [6.45, 7) is 3.90. The molecule has 0 aliphatic carbocycles. The minimum Gasteiger partial charge on any atom is -0.478 e. The van der Waals surface area contributed by atoms with Gasteiger partial charge in [0.25, 0.3) is 0 Å². The van der Waals surface area contributed by atoms with Crippen LogP contribution in [0.5, 0.6) is 0 Å². The van der Waals surface area contributed by atoms with Gasteiger partial charge in [0.15, 0.2) is 0 Å². The van der Waals surface area contributed by atoms with E-state index in [1.807, 2.05) is 26.0 Å². The van der Waals surface area contributed by atoms with E-state index in [1.165, 1.54) is 11.3 Å². The highest BCUT2D eigenvalue weighted by Crippen LogP contribution is 2.29. The number of thiazole rings is 1. The summed E-state index contributed by atoms with van der Waals surface area (Å²) in [6.07, 6.45) is 1.70. The van der Waals surface area contributed by atoms with Gasteiger partial charge in [-0.2, -0.15) is 0 Å². The molecule has 0 bridgehead atoms. The molecule has 0 atom stereocenters. The average Bonchev–Trinajstić information content (AvgIpc) is 2.91. The quantitative estimate of drug-likeness (QED) is 0.779. The summed E-state index contributed by atoms with van der Waals surface area (Å²) in [6, 6.07) is 5.50. The molecule has 20 heavy (non-hydrogen) atoms. The zero-order valence-corrected chi connectivity index (χ0v) is 11.9. The molecule has 0 fully saturated rings. The first-order chi connectivity index (χ1) is 9.56. The van der Waals surface area contributed by atoms with Gasteiger partial charge in [0, 0.05) is 11.6 Å². The number of carbonyl (C=O) groups is 1. The minimum absolute atomic E-state index is 0.283. The van der Waals surface area contributed by atoms with Gasteiger partial charge in [-0.25, -0.2) is 9.78 Å². The zero-order chi connectivity index (χ0) is 14.3. The molecule has 0 saturated heterocycles. The minimum atomic E-state index is -0.937. The second-order valence-corrected chi connectivity index (χ2v) is 5.59. The van der Waals surface area contributed by atoms with E-state index in [9.17, 15) is 9.90 Å². The summed E-state index contributed by atoms with van der Waals surface area (Å²) < 4.78 is 0. The lowest BCUT2D eigenvalue weighted by atomic mass is 10.0. The summed E-state index contributed by atoms with van der Waals surface area (Å²) in [5.41, 5.74) is 5.40. The van der Waals surface area contributed by atoms with Crippen molar-refractivity contribution in [2.75, 3.05) is 0 Å². The van der Waals surface area contributed by atoms with Crippen LogP contribution in [0.4, 0.5) is 0 Å². The molecule has 5 heteroatoms. The standard InChI is InChI=1S/C15H12N2O2S/c1-8-3-9(2)14-10(4-8)11(15(18)19)5-12(17-14)13-6-16-7-20-13/h3-7H,1-2H3,(H,18,19). The van der Waals surface area contributed by atoms with E-state index in [0.717, 1.165) is 21.5 Å². The number of carboxylic acid groups (broad SMARTS) is 1. The van der Waals surface area contributed by atoms with Crippen molar-refractivity contribution in [1.82, 2.24) is 9.97 Å². The molecule has 0 saturated carbocycles. The Labute approximate surface area is 119 Å². The van der Waals surface area contributed by atoms with Gasteiger partial charge in [-0.3, -0.25) is 4.98 Å². The Morgan fingerprint density at radius 1 is 1.25 bits per heavy atom. The Hall–Kier alpha value is -2.27. The van der Waals surface area contributed by atoms with Crippen LogP contribution in [0.3, 0.4) is 0 Å². The van der Waals surface area contributed by atoms with Crippen molar-refractivity contribution in [3.05, 3.63) is 46.6 Å². The first-order valence-corrected chi connectivity index (χ1v) is 6.98. The Bertz CT molecular complexity index is 810. The molecule has 0 aliphatic heterocycles. The van der Waals surface area contributed by atoms with Crippen molar-refractivity contribution >= 4 is 28.2 Å². The number of benzene rings is 1. The maximum Gasteiger partial charge on any atom is 0.336 e. The molecule has 2 heterocycles. The van der Waals surface area contributed by atoms with Gasteiger partial charge in [-0.1, -0.05) is 11.6 Å². The average molecular weight is 284 g/mol. The van der Waals surface area contributed by atoms with Crippen LogP contribution in [-0.2, 0) is 0 Å². The smallest absolute Gasteiger partial charge is 0.336 e. The predicted molar refractivity (Wildman–Crippen MR) is 79.3 cm³/mol. The van der Waals surface area contributed by atoms with Crippen LogP contribution in [0.2, 0.25) is 0 Å². The largest absolute Gasteiger partial charge is 0.478 e. The number of hydrogen-bond donors (Lipinski definition) is 1. The summed E-state index contributed by atoms with van der Waals surface area (Å²) in [4.78, 5) is 21.0. The van der Waals surface area contributed by atoms with E-state index < -0.39 is 5.97 Å². The fraction of sp³-hybridized carbons (Fsp3) is 0.133. The van der Waals surface area contributed by atoms with Gasteiger partial charge in [-0.15, -0.1) is 11.3 Å². The van der Waals surface area contributed by atoms with Gasteiger partial charge in [-0.05, 0) is 31.5 Å². The van der Waals surface area contributed by atoms with Gasteiger partial charge in [0.05, 0.1) is 27.2 Å². The number of aromatic nitrogens is 2. The van der Waals surface area contributed by atoms with Crippen LogP contribution in [0.25, 0.3) is 21.5 Å². The van der Waals surface area contributed by atoms with Crippen molar-refractivity contribution in [2.24, 2.45) is 0 Å². The predicted octanol–water partition coefficient (Wildman–Crippen LogP) is 3.67. The third kappa shape index (κ3) is 2.06. The first kappa shape index (κ1) is 12.7. The molecule has 0 spiro atoms. The third-order valence-corrected chi connectivity index (χ3v) is 3.96. The van der Waals surface area contributed by atoms with E-state index in [4.69, 9.17) is 0 Å². The van der Waals surface area contributed by atoms with Gasteiger partial charge in [0.2, 0.25) is 0 Å². The summed E-state index contributed by atoms with van der Waals surface area (Å²) in [7, 11) is 0. The van der Waals surface area contributed by atoms with Crippen LogP contribution in [0.1, 0.15) is 21.5 Å². The third-order valence-electron chi connectivity index (χ3n) is 3.16. The van der Waals surface area contributed by atoms with E-state index in [-0.39, 0.29) is 5.56 Å². The van der Waals surface area contributed by atoms with Gasteiger partial charge >= 0.3 is 5.97 Å². The molecule has 100 valence electrons.